The number of amides is 1. The molecule has 0 saturated carbocycles. The molecule has 28 heavy (non-hydrogen) atoms. The van der Waals surface area contributed by atoms with Crippen LogP contribution in [0.2, 0.25) is 15.1 Å². The van der Waals surface area contributed by atoms with E-state index in [1.165, 1.54) is 22.5 Å². The first-order valence-electron chi connectivity index (χ1n) is 8.46. The molecule has 3 rings (SSSR count). The van der Waals surface area contributed by atoms with Crippen molar-refractivity contribution in [2.75, 3.05) is 26.2 Å². The summed E-state index contributed by atoms with van der Waals surface area (Å²) in [5.41, 5.74) is 0.815. The molecule has 148 valence electrons. The molecule has 0 unspecified atom stereocenters. The first kappa shape index (κ1) is 21.1. The molecule has 0 aliphatic carbocycles. The minimum Gasteiger partial charge on any atom is -0.337 e. The van der Waals surface area contributed by atoms with Crippen LogP contribution < -0.4 is 0 Å². The molecule has 0 N–H and O–H groups in total. The molecule has 1 fully saturated rings. The summed E-state index contributed by atoms with van der Waals surface area (Å²) in [6, 6.07) is 11.7. The minimum atomic E-state index is -3.83. The highest BCUT2D eigenvalue weighted by atomic mass is 35.5. The van der Waals surface area contributed by atoms with Gasteiger partial charge in [-0.25, -0.2) is 8.42 Å². The Balaban J connectivity index is 1.66. The van der Waals surface area contributed by atoms with Gasteiger partial charge in [0.25, 0.3) is 0 Å². The Morgan fingerprint density at radius 1 is 0.929 bits per heavy atom. The molecule has 0 radical (unpaired) electrons. The predicted molar refractivity (Wildman–Crippen MR) is 112 cm³/mol. The maximum atomic E-state index is 12.9. The lowest BCUT2D eigenvalue weighted by Gasteiger charge is -2.33. The van der Waals surface area contributed by atoms with Gasteiger partial charge in [-0.05, 0) is 35.9 Å². The summed E-state index contributed by atoms with van der Waals surface area (Å²) in [4.78, 5) is 13.9. The zero-order valence-electron chi connectivity index (χ0n) is 14.7. The summed E-state index contributed by atoms with van der Waals surface area (Å²) < 4.78 is 27.0. The molecule has 1 aliphatic heterocycles. The Labute approximate surface area is 179 Å². The number of hydrogen-bond donors (Lipinski definition) is 0. The second-order valence-electron chi connectivity index (χ2n) is 6.17. The summed E-state index contributed by atoms with van der Waals surface area (Å²) in [6.45, 7) is 0.890. The number of halogens is 3. The molecule has 5 nitrogen and oxygen atoms in total. The normalized spacial score (nSPS) is 15.9. The highest BCUT2D eigenvalue weighted by molar-refractivity contribution is 7.89. The van der Waals surface area contributed by atoms with Gasteiger partial charge in [0.15, 0.2) is 0 Å². The number of hydrogen-bond acceptors (Lipinski definition) is 3. The zero-order valence-corrected chi connectivity index (χ0v) is 17.8. The smallest absolute Gasteiger partial charge is 0.246 e. The van der Waals surface area contributed by atoms with E-state index in [4.69, 9.17) is 34.8 Å². The van der Waals surface area contributed by atoms with E-state index in [1.807, 2.05) is 6.07 Å². The Kier molecular flexibility index (Phi) is 6.68. The van der Waals surface area contributed by atoms with Crippen LogP contribution in [-0.4, -0.2) is 49.7 Å². The van der Waals surface area contributed by atoms with Crippen molar-refractivity contribution in [3.05, 3.63) is 69.2 Å². The molecule has 0 atom stereocenters. The number of benzene rings is 2. The summed E-state index contributed by atoms with van der Waals surface area (Å²) in [6.07, 6.45) is 3.14. The summed E-state index contributed by atoms with van der Waals surface area (Å²) >= 11 is 18.0. The molecule has 0 aromatic heterocycles. The molecule has 1 heterocycles. The van der Waals surface area contributed by atoms with Gasteiger partial charge in [-0.1, -0.05) is 53.0 Å². The Morgan fingerprint density at radius 3 is 2.14 bits per heavy atom. The van der Waals surface area contributed by atoms with Crippen molar-refractivity contribution in [1.82, 2.24) is 9.21 Å². The molecule has 1 saturated heterocycles. The summed E-state index contributed by atoms with van der Waals surface area (Å²) in [5.74, 6) is -0.187. The van der Waals surface area contributed by atoms with Gasteiger partial charge in [0.05, 0.1) is 10.0 Å². The van der Waals surface area contributed by atoms with E-state index in [0.717, 1.165) is 5.56 Å². The SMILES string of the molecule is O=C(/C=C/c1cccc(Cl)c1)N1CCN(S(=O)(=O)c2c(Cl)cccc2Cl)CC1. The highest BCUT2D eigenvalue weighted by Gasteiger charge is 2.32. The van der Waals surface area contributed by atoms with Gasteiger partial charge in [-0.15, -0.1) is 0 Å². The van der Waals surface area contributed by atoms with E-state index in [1.54, 1.807) is 35.2 Å². The molecule has 0 spiro atoms. The first-order valence-corrected chi connectivity index (χ1v) is 11.0. The third-order valence-electron chi connectivity index (χ3n) is 4.33. The molecule has 0 bridgehead atoms. The van der Waals surface area contributed by atoms with Crippen LogP contribution >= 0.6 is 34.8 Å². The lowest BCUT2D eigenvalue weighted by atomic mass is 10.2. The molecule has 1 aliphatic rings. The maximum absolute atomic E-state index is 12.9. The van der Waals surface area contributed by atoms with E-state index in [2.05, 4.69) is 0 Å². The fraction of sp³-hybridized carbons (Fsp3) is 0.211. The number of carbonyl (C=O) groups is 1. The molecular weight excluding hydrogens is 443 g/mol. The maximum Gasteiger partial charge on any atom is 0.246 e. The monoisotopic (exact) mass is 458 g/mol. The number of piperazine rings is 1. The van der Waals surface area contributed by atoms with Crippen molar-refractivity contribution in [3.8, 4) is 0 Å². The molecule has 1 amide bonds. The average molecular weight is 460 g/mol. The molecule has 2 aromatic carbocycles. The van der Waals surface area contributed by atoms with Crippen LogP contribution in [0.25, 0.3) is 6.08 Å². The fourth-order valence-corrected chi connectivity index (χ4v) is 5.60. The average Bonchev–Trinajstić information content (AvgIpc) is 2.66. The number of nitrogens with zero attached hydrogens (tertiary/aromatic N) is 2. The van der Waals surface area contributed by atoms with Crippen LogP contribution in [-0.2, 0) is 14.8 Å². The van der Waals surface area contributed by atoms with Crippen molar-refractivity contribution in [3.63, 3.8) is 0 Å². The van der Waals surface area contributed by atoms with Gasteiger partial charge >= 0.3 is 0 Å². The van der Waals surface area contributed by atoms with Crippen molar-refractivity contribution in [2.24, 2.45) is 0 Å². The second-order valence-corrected chi connectivity index (χ2v) is 9.29. The number of sulfonamides is 1. The van der Waals surface area contributed by atoms with Crippen molar-refractivity contribution < 1.29 is 13.2 Å². The van der Waals surface area contributed by atoms with Gasteiger partial charge in [-0.2, -0.15) is 4.31 Å². The first-order chi connectivity index (χ1) is 13.3. The van der Waals surface area contributed by atoms with Crippen LogP contribution in [0.15, 0.2) is 53.4 Å². The number of rotatable bonds is 4. The quantitative estimate of drug-likeness (QED) is 0.644. The fourth-order valence-electron chi connectivity index (χ4n) is 2.89. The highest BCUT2D eigenvalue weighted by Crippen LogP contribution is 2.31. The topological polar surface area (TPSA) is 57.7 Å². The van der Waals surface area contributed by atoms with E-state index < -0.39 is 10.0 Å². The van der Waals surface area contributed by atoms with Crippen LogP contribution in [0.4, 0.5) is 0 Å². The van der Waals surface area contributed by atoms with Crippen LogP contribution in [0.1, 0.15) is 5.56 Å². The van der Waals surface area contributed by atoms with Crippen molar-refractivity contribution in [2.45, 2.75) is 4.90 Å². The van der Waals surface area contributed by atoms with Crippen molar-refractivity contribution in [1.29, 1.82) is 0 Å². The number of carbonyl (C=O) groups excluding carboxylic acids is 1. The van der Waals surface area contributed by atoms with Crippen LogP contribution in [0.5, 0.6) is 0 Å². The van der Waals surface area contributed by atoms with Crippen LogP contribution in [0.3, 0.4) is 0 Å². The third kappa shape index (κ3) is 4.70. The van der Waals surface area contributed by atoms with E-state index in [9.17, 15) is 13.2 Å². The van der Waals surface area contributed by atoms with Gasteiger partial charge in [0.1, 0.15) is 4.90 Å². The lowest BCUT2D eigenvalue weighted by molar-refractivity contribution is -0.127. The molecule has 2 aromatic rings. The van der Waals surface area contributed by atoms with Gasteiger partial charge in [0, 0.05) is 37.3 Å². The van der Waals surface area contributed by atoms with Crippen LogP contribution in [0, 0.1) is 0 Å². The van der Waals surface area contributed by atoms with Crippen molar-refractivity contribution >= 4 is 56.8 Å². The largest absolute Gasteiger partial charge is 0.337 e. The van der Waals surface area contributed by atoms with Gasteiger partial charge in [-0.3, -0.25) is 4.79 Å². The Morgan fingerprint density at radius 2 is 1.54 bits per heavy atom. The third-order valence-corrected chi connectivity index (χ3v) is 7.42. The van der Waals surface area contributed by atoms with E-state index in [-0.39, 0.29) is 47.0 Å². The minimum absolute atomic E-state index is 0.0791. The van der Waals surface area contributed by atoms with E-state index >= 15 is 0 Å². The standard InChI is InChI=1S/C19H17Cl3N2O3S/c20-15-4-1-3-14(13-15)7-8-18(25)23-9-11-24(12-10-23)28(26,27)19-16(21)5-2-6-17(19)22/h1-8,13H,9-12H2/b8-7+. The second kappa shape index (κ2) is 8.84. The summed E-state index contributed by atoms with van der Waals surface area (Å²) in [5, 5.41) is 0.748. The predicted octanol–water partition coefficient (Wildman–Crippen LogP) is 4.19. The lowest BCUT2D eigenvalue weighted by Crippen LogP contribution is -2.50. The zero-order chi connectivity index (χ0) is 20.3. The van der Waals surface area contributed by atoms with E-state index in [0.29, 0.717) is 5.02 Å². The van der Waals surface area contributed by atoms with Gasteiger partial charge in [0.2, 0.25) is 15.9 Å². The Bertz CT molecular complexity index is 997. The molecule has 9 heteroatoms. The Hall–Kier alpha value is -1.57. The summed E-state index contributed by atoms with van der Waals surface area (Å²) in [7, 11) is -3.83. The molecular formula is C19H17Cl3N2O3S. The van der Waals surface area contributed by atoms with Gasteiger partial charge < -0.3 is 4.90 Å².